The summed E-state index contributed by atoms with van der Waals surface area (Å²) in [7, 11) is 0. The van der Waals surface area contributed by atoms with Crippen LogP contribution in [0.5, 0.6) is 0 Å². The van der Waals surface area contributed by atoms with Gasteiger partial charge in [-0.3, -0.25) is 14.9 Å². The fraction of sp³-hybridized carbons (Fsp3) is 0.500. The smallest absolute Gasteiger partial charge is 0.313 e. The Morgan fingerprint density at radius 1 is 1.17 bits per heavy atom. The third-order valence-corrected chi connectivity index (χ3v) is 4.87. The van der Waals surface area contributed by atoms with Gasteiger partial charge >= 0.3 is 11.8 Å². The highest BCUT2D eigenvalue weighted by Crippen LogP contribution is 2.33. The SMILES string of the molecule is CC1(C)CC(NC(=O)C(=O)Nc2ccc(Br)cc2)CC(C)(I)N1. The lowest BCUT2D eigenvalue weighted by Crippen LogP contribution is -2.61. The topological polar surface area (TPSA) is 70.2 Å². The number of hydrogen-bond acceptors (Lipinski definition) is 3. The van der Waals surface area contributed by atoms with Gasteiger partial charge in [-0.1, -0.05) is 38.5 Å². The molecule has 3 N–H and O–H groups in total. The number of benzene rings is 1. The predicted octanol–water partition coefficient (Wildman–Crippen LogP) is 3.19. The van der Waals surface area contributed by atoms with Gasteiger partial charge in [0.25, 0.3) is 0 Å². The summed E-state index contributed by atoms with van der Waals surface area (Å²) in [6, 6.07) is 7.07. The van der Waals surface area contributed by atoms with Gasteiger partial charge in [-0.2, -0.15) is 0 Å². The molecule has 1 aliphatic rings. The van der Waals surface area contributed by atoms with Gasteiger partial charge in [0.1, 0.15) is 0 Å². The summed E-state index contributed by atoms with van der Waals surface area (Å²) in [4.78, 5) is 24.2. The average Bonchev–Trinajstić information content (AvgIpc) is 2.37. The van der Waals surface area contributed by atoms with Gasteiger partial charge in [-0.15, -0.1) is 0 Å². The monoisotopic (exact) mass is 493 g/mol. The maximum Gasteiger partial charge on any atom is 0.313 e. The Bertz CT molecular complexity index is 586. The van der Waals surface area contributed by atoms with Crippen molar-refractivity contribution < 1.29 is 9.59 Å². The first kappa shape index (κ1) is 18.7. The molecule has 7 heteroatoms. The molecule has 0 aliphatic carbocycles. The molecule has 1 aliphatic heterocycles. The summed E-state index contributed by atoms with van der Waals surface area (Å²) >= 11 is 5.68. The van der Waals surface area contributed by atoms with Crippen LogP contribution in [0.1, 0.15) is 33.6 Å². The molecule has 2 amide bonds. The van der Waals surface area contributed by atoms with Crippen LogP contribution in [0.25, 0.3) is 0 Å². The van der Waals surface area contributed by atoms with Crippen molar-refractivity contribution in [3.63, 3.8) is 0 Å². The van der Waals surface area contributed by atoms with E-state index < -0.39 is 11.8 Å². The van der Waals surface area contributed by atoms with E-state index in [1.807, 2.05) is 12.1 Å². The van der Waals surface area contributed by atoms with Crippen molar-refractivity contribution in [2.24, 2.45) is 0 Å². The van der Waals surface area contributed by atoms with Crippen LogP contribution in [0.4, 0.5) is 5.69 Å². The minimum atomic E-state index is -0.640. The average molecular weight is 494 g/mol. The van der Waals surface area contributed by atoms with Crippen molar-refractivity contribution in [3.8, 4) is 0 Å². The third kappa shape index (κ3) is 5.72. The van der Waals surface area contributed by atoms with Crippen LogP contribution in [0, 0.1) is 0 Å². The lowest BCUT2D eigenvalue weighted by Gasteiger charge is -2.45. The molecule has 1 heterocycles. The van der Waals surface area contributed by atoms with E-state index in [4.69, 9.17) is 0 Å². The minimum absolute atomic E-state index is 0.0312. The Kier molecular flexibility index (Phi) is 5.73. The van der Waals surface area contributed by atoms with E-state index in [0.29, 0.717) is 5.69 Å². The van der Waals surface area contributed by atoms with Crippen LogP contribution in [0.2, 0.25) is 0 Å². The first-order chi connectivity index (χ1) is 10.6. The molecular weight excluding hydrogens is 473 g/mol. The van der Waals surface area contributed by atoms with Crippen LogP contribution in [0.15, 0.2) is 28.7 Å². The molecule has 1 fully saturated rings. The second kappa shape index (κ2) is 7.06. The highest BCUT2D eigenvalue weighted by Gasteiger charge is 2.39. The van der Waals surface area contributed by atoms with Crippen molar-refractivity contribution >= 4 is 56.0 Å². The highest BCUT2D eigenvalue weighted by molar-refractivity contribution is 14.1. The van der Waals surface area contributed by atoms with Gasteiger partial charge in [-0.25, -0.2) is 0 Å². The van der Waals surface area contributed by atoms with Gasteiger partial charge < -0.3 is 10.6 Å². The van der Waals surface area contributed by atoms with E-state index in [-0.39, 0.29) is 15.1 Å². The summed E-state index contributed by atoms with van der Waals surface area (Å²) < 4.78 is 0.804. The second-order valence-electron chi connectivity index (χ2n) is 6.75. The molecule has 0 spiro atoms. The zero-order valence-electron chi connectivity index (χ0n) is 13.4. The van der Waals surface area contributed by atoms with Crippen LogP contribution in [0.3, 0.4) is 0 Å². The number of piperidine rings is 1. The maximum absolute atomic E-state index is 12.1. The van der Waals surface area contributed by atoms with Gasteiger partial charge in [0.15, 0.2) is 0 Å². The number of anilines is 1. The standard InChI is InChI=1S/C16H21BrIN3O2/c1-15(2)8-12(9-16(3,18)21-15)20-14(23)13(22)19-11-6-4-10(17)5-7-11/h4-7,12,21H,8-9H2,1-3H3,(H,19,22)(H,20,23). The van der Waals surface area contributed by atoms with Gasteiger partial charge in [0.05, 0.1) is 3.55 Å². The van der Waals surface area contributed by atoms with Crippen LogP contribution in [-0.4, -0.2) is 26.9 Å². The van der Waals surface area contributed by atoms with Gasteiger partial charge in [0.2, 0.25) is 0 Å². The number of carbonyl (C=O) groups excluding carboxylic acids is 2. The number of amides is 2. The third-order valence-electron chi connectivity index (χ3n) is 3.63. The Hall–Kier alpha value is -0.670. The fourth-order valence-electron chi connectivity index (χ4n) is 3.03. The molecule has 2 unspecified atom stereocenters. The van der Waals surface area contributed by atoms with Crippen molar-refractivity contribution in [2.75, 3.05) is 5.32 Å². The van der Waals surface area contributed by atoms with Crippen LogP contribution in [-0.2, 0) is 9.59 Å². The normalized spacial score (nSPS) is 26.4. The number of carbonyl (C=O) groups is 2. The molecule has 2 atom stereocenters. The molecule has 1 aromatic carbocycles. The number of halogens is 2. The molecule has 1 aromatic rings. The molecule has 0 radical (unpaired) electrons. The summed E-state index contributed by atoms with van der Waals surface area (Å²) in [5, 5.41) is 9.01. The van der Waals surface area contributed by atoms with E-state index >= 15 is 0 Å². The second-order valence-corrected chi connectivity index (χ2v) is 10.0. The van der Waals surface area contributed by atoms with E-state index in [2.05, 4.69) is 75.2 Å². The summed E-state index contributed by atoms with van der Waals surface area (Å²) in [5.41, 5.74) is 0.506. The number of nitrogens with one attached hydrogen (secondary N) is 3. The van der Waals surface area contributed by atoms with E-state index in [1.165, 1.54) is 0 Å². The summed E-state index contributed by atoms with van der Waals surface area (Å²) in [6.45, 7) is 6.30. The minimum Gasteiger partial charge on any atom is -0.345 e. The molecule has 5 nitrogen and oxygen atoms in total. The molecule has 2 rings (SSSR count). The zero-order chi connectivity index (χ0) is 17.3. The first-order valence-corrected chi connectivity index (χ1v) is 9.29. The van der Waals surface area contributed by atoms with Crippen molar-refractivity contribution in [2.45, 2.75) is 48.7 Å². The quantitative estimate of drug-likeness (QED) is 0.256. The number of rotatable bonds is 2. The Morgan fingerprint density at radius 3 is 2.35 bits per heavy atom. The molecule has 0 aromatic heterocycles. The highest BCUT2D eigenvalue weighted by atomic mass is 127. The maximum atomic E-state index is 12.1. The van der Waals surface area contributed by atoms with E-state index in [9.17, 15) is 9.59 Å². The van der Waals surface area contributed by atoms with Gasteiger partial charge in [-0.05, 0) is 57.9 Å². The first-order valence-electron chi connectivity index (χ1n) is 7.42. The Balaban J connectivity index is 1.95. The number of hydrogen-bond donors (Lipinski definition) is 3. The van der Waals surface area contributed by atoms with Crippen LogP contribution >= 0.6 is 38.5 Å². The van der Waals surface area contributed by atoms with Crippen LogP contribution < -0.4 is 16.0 Å². The lowest BCUT2D eigenvalue weighted by molar-refractivity contribution is -0.136. The largest absolute Gasteiger partial charge is 0.345 e. The lowest BCUT2D eigenvalue weighted by atomic mass is 9.86. The molecule has 0 bridgehead atoms. The molecular formula is C16H21BrIN3O2. The summed E-state index contributed by atoms with van der Waals surface area (Å²) in [5.74, 6) is -1.23. The zero-order valence-corrected chi connectivity index (χ0v) is 17.1. The van der Waals surface area contributed by atoms with E-state index in [1.54, 1.807) is 12.1 Å². The number of alkyl halides is 1. The Labute approximate surface area is 158 Å². The molecule has 1 saturated heterocycles. The Morgan fingerprint density at radius 2 is 1.78 bits per heavy atom. The van der Waals surface area contributed by atoms with Crippen molar-refractivity contribution in [3.05, 3.63) is 28.7 Å². The van der Waals surface area contributed by atoms with Crippen molar-refractivity contribution in [1.29, 1.82) is 0 Å². The van der Waals surface area contributed by atoms with Gasteiger partial charge in [0, 0.05) is 21.7 Å². The van der Waals surface area contributed by atoms with Crippen molar-refractivity contribution in [1.82, 2.24) is 10.6 Å². The van der Waals surface area contributed by atoms with E-state index in [0.717, 1.165) is 17.3 Å². The molecule has 23 heavy (non-hydrogen) atoms. The summed E-state index contributed by atoms with van der Waals surface area (Å²) in [6.07, 6.45) is 1.55. The fourth-order valence-corrected chi connectivity index (χ4v) is 4.56. The predicted molar refractivity (Wildman–Crippen MR) is 104 cm³/mol. The molecule has 126 valence electrons. The molecule has 0 saturated carbocycles.